The summed E-state index contributed by atoms with van der Waals surface area (Å²) in [6.07, 6.45) is 1.48. The molecule has 0 bridgehead atoms. The van der Waals surface area contributed by atoms with Gasteiger partial charge in [-0.1, -0.05) is 6.92 Å². The van der Waals surface area contributed by atoms with Gasteiger partial charge in [0, 0.05) is 24.2 Å². The fourth-order valence-electron chi connectivity index (χ4n) is 2.72. The van der Waals surface area contributed by atoms with Gasteiger partial charge in [0.25, 0.3) is 0 Å². The molecule has 3 N–H and O–H groups in total. The number of likely N-dealkylation sites (N-methyl/N-ethyl adjacent to an activating group) is 1. The van der Waals surface area contributed by atoms with E-state index in [9.17, 15) is 18.7 Å². The van der Waals surface area contributed by atoms with E-state index in [-0.39, 0.29) is 30.7 Å². The van der Waals surface area contributed by atoms with Crippen LogP contribution in [0.1, 0.15) is 25.3 Å². The Labute approximate surface area is 127 Å². The van der Waals surface area contributed by atoms with Crippen molar-refractivity contribution in [3.63, 3.8) is 0 Å². The second-order valence-corrected chi connectivity index (χ2v) is 5.52. The van der Waals surface area contributed by atoms with Crippen molar-refractivity contribution in [3.8, 4) is 5.75 Å². The van der Waals surface area contributed by atoms with Gasteiger partial charge in [-0.2, -0.15) is 0 Å². The third-order valence-corrected chi connectivity index (χ3v) is 4.11. The standard InChI is InChI=1S/C15H20F2N2O3/c1-2-19(8-14(21)22)10-5-9(6-10)18-7-11-12(16)3-4-13(20)15(11)17/h3-4,9-10,18,20H,2,5-8H2,1H3,(H,21,22). The number of rotatable bonds is 7. The van der Waals surface area contributed by atoms with Crippen molar-refractivity contribution in [2.75, 3.05) is 13.1 Å². The summed E-state index contributed by atoms with van der Waals surface area (Å²) in [5.41, 5.74) is -0.179. The highest BCUT2D eigenvalue weighted by molar-refractivity contribution is 5.69. The smallest absolute Gasteiger partial charge is 0.317 e. The lowest BCUT2D eigenvalue weighted by Gasteiger charge is -2.42. The molecule has 0 aromatic heterocycles. The van der Waals surface area contributed by atoms with Crippen LogP contribution in [0.15, 0.2) is 12.1 Å². The van der Waals surface area contributed by atoms with Crippen LogP contribution < -0.4 is 5.32 Å². The lowest BCUT2D eigenvalue weighted by molar-refractivity contribution is -0.139. The van der Waals surface area contributed by atoms with Crippen LogP contribution in [0.2, 0.25) is 0 Å². The molecule has 1 saturated carbocycles. The largest absolute Gasteiger partial charge is 0.505 e. The SMILES string of the molecule is CCN(CC(=O)O)C1CC(NCc2c(F)ccc(O)c2F)C1. The summed E-state index contributed by atoms with van der Waals surface area (Å²) in [4.78, 5) is 12.6. The normalized spacial score (nSPS) is 20.9. The van der Waals surface area contributed by atoms with Gasteiger partial charge in [0.1, 0.15) is 5.82 Å². The van der Waals surface area contributed by atoms with Gasteiger partial charge in [-0.25, -0.2) is 8.78 Å². The molecule has 0 saturated heterocycles. The first kappa shape index (κ1) is 16.6. The van der Waals surface area contributed by atoms with E-state index in [2.05, 4.69) is 5.32 Å². The summed E-state index contributed by atoms with van der Waals surface area (Å²) in [7, 11) is 0. The number of hydrogen-bond donors (Lipinski definition) is 3. The summed E-state index contributed by atoms with van der Waals surface area (Å²) < 4.78 is 27.2. The minimum atomic E-state index is -0.940. The van der Waals surface area contributed by atoms with Crippen LogP contribution in [0.3, 0.4) is 0 Å². The summed E-state index contributed by atoms with van der Waals surface area (Å²) in [6.45, 7) is 2.55. The van der Waals surface area contributed by atoms with Gasteiger partial charge in [0.05, 0.1) is 6.54 Å². The lowest BCUT2D eigenvalue weighted by Crippen LogP contribution is -2.53. The van der Waals surface area contributed by atoms with Crippen LogP contribution in [-0.2, 0) is 11.3 Å². The molecule has 0 unspecified atom stereocenters. The summed E-state index contributed by atoms with van der Waals surface area (Å²) in [5, 5.41) is 21.1. The molecule has 0 radical (unpaired) electrons. The number of phenols is 1. The third-order valence-electron chi connectivity index (χ3n) is 4.11. The Bertz CT molecular complexity index is 548. The minimum absolute atomic E-state index is 0.00367. The highest BCUT2D eigenvalue weighted by Crippen LogP contribution is 2.27. The predicted molar refractivity (Wildman–Crippen MR) is 76.6 cm³/mol. The van der Waals surface area contributed by atoms with E-state index in [0.29, 0.717) is 6.54 Å². The van der Waals surface area contributed by atoms with Crippen LogP contribution in [-0.4, -0.2) is 46.3 Å². The molecule has 0 aliphatic heterocycles. The Kier molecular flexibility index (Phi) is 5.31. The number of halogens is 2. The predicted octanol–water partition coefficient (Wildman–Crippen LogP) is 1.70. The van der Waals surface area contributed by atoms with Crippen molar-refractivity contribution >= 4 is 5.97 Å². The number of aromatic hydroxyl groups is 1. The average molecular weight is 314 g/mol. The van der Waals surface area contributed by atoms with Gasteiger partial charge in [-0.05, 0) is 31.5 Å². The Balaban J connectivity index is 1.84. The number of nitrogens with zero attached hydrogens (tertiary/aromatic N) is 1. The number of benzene rings is 1. The lowest BCUT2D eigenvalue weighted by atomic mass is 9.85. The highest BCUT2D eigenvalue weighted by atomic mass is 19.1. The number of carboxylic acids is 1. The van der Waals surface area contributed by atoms with Crippen LogP contribution >= 0.6 is 0 Å². The zero-order chi connectivity index (χ0) is 16.3. The number of nitrogens with one attached hydrogen (secondary N) is 1. The Morgan fingerprint density at radius 3 is 2.68 bits per heavy atom. The van der Waals surface area contributed by atoms with E-state index in [1.807, 2.05) is 11.8 Å². The van der Waals surface area contributed by atoms with Crippen LogP contribution in [0.5, 0.6) is 5.75 Å². The molecule has 7 heteroatoms. The quantitative estimate of drug-likeness (QED) is 0.714. The minimum Gasteiger partial charge on any atom is -0.505 e. The Morgan fingerprint density at radius 1 is 1.41 bits per heavy atom. The summed E-state index contributed by atoms with van der Waals surface area (Å²) >= 11 is 0. The molecule has 5 nitrogen and oxygen atoms in total. The zero-order valence-corrected chi connectivity index (χ0v) is 12.4. The fourth-order valence-corrected chi connectivity index (χ4v) is 2.72. The molecule has 1 aromatic carbocycles. The molecule has 1 fully saturated rings. The van der Waals surface area contributed by atoms with Gasteiger partial charge in [0.2, 0.25) is 0 Å². The average Bonchev–Trinajstić information content (AvgIpc) is 2.42. The second-order valence-electron chi connectivity index (χ2n) is 5.52. The maximum absolute atomic E-state index is 13.6. The van der Waals surface area contributed by atoms with E-state index in [1.54, 1.807) is 0 Å². The van der Waals surface area contributed by atoms with Gasteiger partial charge in [-0.3, -0.25) is 9.69 Å². The topological polar surface area (TPSA) is 72.8 Å². The number of carbonyl (C=O) groups is 1. The van der Waals surface area contributed by atoms with Crippen LogP contribution in [0, 0.1) is 11.6 Å². The van der Waals surface area contributed by atoms with Gasteiger partial charge < -0.3 is 15.5 Å². The molecule has 1 aromatic rings. The molecule has 22 heavy (non-hydrogen) atoms. The van der Waals surface area contributed by atoms with E-state index in [1.165, 1.54) is 0 Å². The highest BCUT2D eigenvalue weighted by Gasteiger charge is 2.33. The molecule has 0 amide bonds. The van der Waals surface area contributed by atoms with Crippen molar-refractivity contribution in [1.82, 2.24) is 10.2 Å². The van der Waals surface area contributed by atoms with Crippen molar-refractivity contribution < 1.29 is 23.8 Å². The van der Waals surface area contributed by atoms with Crippen LogP contribution in [0.4, 0.5) is 8.78 Å². The second kappa shape index (κ2) is 7.02. The van der Waals surface area contributed by atoms with E-state index >= 15 is 0 Å². The van der Waals surface area contributed by atoms with Crippen molar-refractivity contribution in [2.24, 2.45) is 0 Å². The zero-order valence-electron chi connectivity index (χ0n) is 12.4. The van der Waals surface area contributed by atoms with Gasteiger partial charge in [-0.15, -0.1) is 0 Å². The Hall–Kier alpha value is -1.73. The number of phenolic OH excluding ortho intramolecular Hbond substituents is 1. The Morgan fingerprint density at radius 2 is 2.09 bits per heavy atom. The number of aliphatic carboxylic acids is 1. The molecule has 2 rings (SSSR count). The molecular formula is C15H20F2N2O3. The van der Waals surface area contributed by atoms with Crippen molar-refractivity contribution in [2.45, 2.75) is 38.4 Å². The van der Waals surface area contributed by atoms with E-state index < -0.39 is 23.4 Å². The third kappa shape index (κ3) is 3.72. The van der Waals surface area contributed by atoms with Crippen LogP contribution in [0.25, 0.3) is 0 Å². The maximum atomic E-state index is 13.6. The molecule has 0 heterocycles. The first-order chi connectivity index (χ1) is 10.4. The van der Waals surface area contributed by atoms with Crippen molar-refractivity contribution in [3.05, 3.63) is 29.3 Å². The first-order valence-electron chi connectivity index (χ1n) is 7.27. The summed E-state index contributed by atoms with van der Waals surface area (Å²) in [6, 6.07) is 2.29. The van der Waals surface area contributed by atoms with Crippen molar-refractivity contribution in [1.29, 1.82) is 0 Å². The molecule has 1 aliphatic rings. The number of carboxylic acid groups (broad SMARTS) is 1. The molecule has 1 aliphatic carbocycles. The van der Waals surface area contributed by atoms with Gasteiger partial charge >= 0.3 is 5.97 Å². The molecule has 122 valence electrons. The first-order valence-corrected chi connectivity index (χ1v) is 7.27. The maximum Gasteiger partial charge on any atom is 0.317 e. The van der Waals surface area contributed by atoms with Gasteiger partial charge in [0.15, 0.2) is 11.6 Å². The molecule has 0 atom stereocenters. The monoisotopic (exact) mass is 314 g/mol. The fraction of sp³-hybridized carbons (Fsp3) is 0.533. The summed E-state index contributed by atoms with van der Waals surface area (Å²) in [5.74, 6) is -3.06. The van der Waals surface area contributed by atoms with E-state index in [0.717, 1.165) is 25.0 Å². The van der Waals surface area contributed by atoms with E-state index in [4.69, 9.17) is 5.11 Å². The molecule has 0 spiro atoms. The number of hydrogen-bond acceptors (Lipinski definition) is 4. The molecular weight excluding hydrogens is 294 g/mol.